The number of hydrogen-bond acceptors (Lipinski definition) is 4. The zero-order valence-electron chi connectivity index (χ0n) is 8.93. The van der Waals surface area contributed by atoms with Gasteiger partial charge >= 0.3 is 0 Å². The molecule has 15 heavy (non-hydrogen) atoms. The Hall–Kier alpha value is -1.71. The smallest absolute Gasteiger partial charge is 0.160 e. The van der Waals surface area contributed by atoms with E-state index in [1.54, 1.807) is 14.2 Å². The molecule has 0 aliphatic carbocycles. The largest absolute Gasteiger partial charge is 0.493 e. The normalized spacial score (nSPS) is 10.5. The van der Waals surface area contributed by atoms with Crippen molar-refractivity contribution in [3.8, 4) is 11.5 Å². The fourth-order valence-corrected chi connectivity index (χ4v) is 1.33. The van der Waals surface area contributed by atoms with E-state index < -0.39 is 0 Å². The molecule has 1 rings (SSSR count). The predicted molar refractivity (Wildman–Crippen MR) is 58.1 cm³/mol. The lowest BCUT2D eigenvalue weighted by atomic mass is 10.1. The maximum atomic E-state index is 8.25. The molecule has 82 valence electrons. The lowest BCUT2D eigenvalue weighted by Crippen LogP contribution is -1.93. The van der Waals surface area contributed by atoms with Gasteiger partial charge in [-0.3, -0.25) is 0 Å². The Kier molecular flexibility index (Phi) is 4.47. The van der Waals surface area contributed by atoms with Gasteiger partial charge in [0.2, 0.25) is 0 Å². The van der Waals surface area contributed by atoms with E-state index in [1.165, 1.54) is 6.21 Å². The van der Waals surface area contributed by atoms with Gasteiger partial charge in [0.25, 0.3) is 0 Å². The summed E-state index contributed by atoms with van der Waals surface area (Å²) in [4.78, 5) is 0. The van der Waals surface area contributed by atoms with Crippen LogP contribution in [0.1, 0.15) is 12.0 Å². The van der Waals surface area contributed by atoms with Crippen LogP contribution in [0.5, 0.6) is 11.5 Å². The molecule has 0 radical (unpaired) electrons. The number of methoxy groups -OCH3 is 2. The van der Waals surface area contributed by atoms with E-state index in [-0.39, 0.29) is 0 Å². The molecule has 4 nitrogen and oxygen atoms in total. The van der Waals surface area contributed by atoms with Gasteiger partial charge < -0.3 is 14.7 Å². The Labute approximate surface area is 89.1 Å². The van der Waals surface area contributed by atoms with Crippen LogP contribution >= 0.6 is 0 Å². The number of rotatable bonds is 5. The number of oxime groups is 1. The first kappa shape index (κ1) is 11.4. The van der Waals surface area contributed by atoms with Crippen molar-refractivity contribution in [1.29, 1.82) is 0 Å². The van der Waals surface area contributed by atoms with Crippen LogP contribution in [0.3, 0.4) is 0 Å². The Morgan fingerprint density at radius 2 is 2.00 bits per heavy atom. The van der Waals surface area contributed by atoms with Gasteiger partial charge in [-0.15, -0.1) is 5.16 Å². The Bertz CT molecular complexity index is 337. The van der Waals surface area contributed by atoms with Gasteiger partial charge in [0.05, 0.1) is 14.2 Å². The SMILES string of the molecule is COc1ccc(CC/C=N\O)cc1OC. The third kappa shape index (κ3) is 3.16. The third-order valence-corrected chi connectivity index (χ3v) is 2.09. The standard InChI is InChI=1S/C11H15NO3/c1-14-10-6-5-9(4-3-7-12-13)8-11(10)15-2/h5-8,13H,3-4H2,1-2H3/b12-7-. The second-order valence-electron chi connectivity index (χ2n) is 3.03. The summed E-state index contributed by atoms with van der Waals surface area (Å²) >= 11 is 0. The lowest BCUT2D eigenvalue weighted by molar-refractivity contribution is 0.320. The summed E-state index contributed by atoms with van der Waals surface area (Å²) in [5.74, 6) is 1.44. The number of ether oxygens (including phenoxy) is 2. The molecular formula is C11H15NO3. The number of benzene rings is 1. The van der Waals surface area contributed by atoms with Gasteiger partial charge in [-0.05, 0) is 30.5 Å². The average Bonchev–Trinajstić information content (AvgIpc) is 2.29. The zero-order chi connectivity index (χ0) is 11.1. The minimum absolute atomic E-state index is 0.700. The topological polar surface area (TPSA) is 51.0 Å². The van der Waals surface area contributed by atoms with Gasteiger partial charge in [-0.25, -0.2) is 0 Å². The van der Waals surface area contributed by atoms with Crippen molar-refractivity contribution in [3.05, 3.63) is 23.8 Å². The van der Waals surface area contributed by atoms with Crippen molar-refractivity contribution in [2.45, 2.75) is 12.8 Å². The van der Waals surface area contributed by atoms with Crippen molar-refractivity contribution in [2.24, 2.45) is 5.16 Å². The first-order valence-electron chi connectivity index (χ1n) is 4.68. The molecule has 0 aliphatic rings. The summed E-state index contributed by atoms with van der Waals surface area (Å²) in [7, 11) is 3.22. The van der Waals surface area contributed by atoms with Crippen LogP contribution in [0.4, 0.5) is 0 Å². The van der Waals surface area contributed by atoms with Crippen molar-refractivity contribution >= 4 is 6.21 Å². The summed E-state index contributed by atoms with van der Waals surface area (Å²) < 4.78 is 10.3. The molecule has 1 aromatic carbocycles. The van der Waals surface area contributed by atoms with Gasteiger partial charge in [0.15, 0.2) is 11.5 Å². The highest BCUT2D eigenvalue weighted by Crippen LogP contribution is 2.27. The molecule has 0 saturated carbocycles. The average molecular weight is 209 g/mol. The minimum Gasteiger partial charge on any atom is -0.493 e. The molecule has 0 atom stereocenters. The monoisotopic (exact) mass is 209 g/mol. The van der Waals surface area contributed by atoms with Crippen molar-refractivity contribution in [1.82, 2.24) is 0 Å². The molecule has 0 saturated heterocycles. The van der Waals surface area contributed by atoms with Gasteiger partial charge in [0, 0.05) is 6.21 Å². The fourth-order valence-electron chi connectivity index (χ4n) is 1.33. The van der Waals surface area contributed by atoms with Crippen LogP contribution in [-0.4, -0.2) is 25.6 Å². The van der Waals surface area contributed by atoms with Crippen LogP contribution < -0.4 is 9.47 Å². The highest BCUT2D eigenvalue weighted by molar-refractivity contribution is 5.57. The van der Waals surface area contributed by atoms with E-state index in [0.29, 0.717) is 6.42 Å². The second kappa shape index (κ2) is 5.90. The van der Waals surface area contributed by atoms with E-state index in [1.807, 2.05) is 18.2 Å². The molecule has 0 unspecified atom stereocenters. The van der Waals surface area contributed by atoms with E-state index in [0.717, 1.165) is 23.5 Å². The van der Waals surface area contributed by atoms with Crippen LogP contribution in [-0.2, 0) is 6.42 Å². The Morgan fingerprint density at radius 3 is 2.60 bits per heavy atom. The summed E-state index contributed by atoms with van der Waals surface area (Å²) in [5.41, 5.74) is 1.12. The maximum absolute atomic E-state index is 8.25. The fraction of sp³-hybridized carbons (Fsp3) is 0.364. The summed E-state index contributed by atoms with van der Waals surface area (Å²) in [5, 5.41) is 11.2. The Balaban J connectivity index is 2.74. The molecule has 0 amide bonds. The van der Waals surface area contributed by atoms with E-state index >= 15 is 0 Å². The Morgan fingerprint density at radius 1 is 1.27 bits per heavy atom. The molecule has 1 N–H and O–H groups in total. The molecule has 0 fully saturated rings. The molecule has 0 spiro atoms. The molecule has 0 aromatic heterocycles. The number of nitrogens with zero attached hydrogens (tertiary/aromatic N) is 1. The first-order valence-corrected chi connectivity index (χ1v) is 4.68. The van der Waals surface area contributed by atoms with Crippen LogP contribution in [0.25, 0.3) is 0 Å². The molecule has 0 bridgehead atoms. The zero-order valence-corrected chi connectivity index (χ0v) is 8.93. The molecule has 1 aromatic rings. The molecule has 0 aliphatic heterocycles. The maximum Gasteiger partial charge on any atom is 0.160 e. The van der Waals surface area contributed by atoms with Crippen molar-refractivity contribution in [2.75, 3.05) is 14.2 Å². The van der Waals surface area contributed by atoms with Gasteiger partial charge in [-0.1, -0.05) is 6.07 Å². The molecule has 4 heteroatoms. The highest BCUT2D eigenvalue weighted by atomic mass is 16.5. The van der Waals surface area contributed by atoms with Crippen molar-refractivity contribution < 1.29 is 14.7 Å². The number of aryl methyl sites for hydroxylation is 1. The predicted octanol–water partition coefficient (Wildman–Crippen LogP) is 2.10. The van der Waals surface area contributed by atoms with Crippen LogP contribution in [0.15, 0.2) is 23.4 Å². The molecular weight excluding hydrogens is 194 g/mol. The summed E-state index contributed by atoms with van der Waals surface area (Å²) in [6.45, 7) is 0. The van der Waals surface area contributed by atoms with Gasteiger partial charge in [-0.2, -0.15) is 0 Å². The quantitative estimate of drug-likeness (QED) is 0.459. The van der Waals surface area contributed by atoms with E-state index in [9.17, 15) is 0 Å². The van der Waals surface area contributed by atoms with E-state index in [4.69, 9.17) is 14.7 Å². The summed E-state index contributed by atoms with van der Waals surface area (Å²) in [6.07, 6.45) is 2.98. The second-order valence-corrected chi connectivity index (χ2v) is 3.03. The van der Waals surface area contributed by atoms with Crippen molar-refractivity contribution in [3.63, 3.8) is 0 Å². The van der Waals surface area contributed by atoms with Crippen LogP contribution in [0.2, 0.25) is 0 Å². The third-order valence-electron chi connectivity index (χ3n) is 2.09. The van der Waals surface area contributed by atoms with E-state index in [2.05, 4.69) is 5.16 Å². The highest BCUT2D eigenvalue weighted by Gasteiger charge is 2.03. The molecule has 0 heterocycles. The number of hydrogen-bond donors (Lipinski definition) is 1. The minimum atomic E-state index is 0.700. The summed E-state index contributed by atoms with van der Waals surface area (Å²) in [6, 6.07) is 5.75. The first-order chi connectivity index (χ1) is 7.31. The van der Waals surface area contributed by atoms with Crippen LogP contribution in [0, 0.1) is 0 Å². The lowest BCUT2D eigenvalue weighted by Gasteiger charge is -2.08. The van der Waals surface area contributed by atoms with Gasteiger partial charge in [0.1, 0.15) is 0 Å².